The lowest BCUT2D eigenvalue weighted by molar-refractivity contribution is -0.856. The molecule has 1 N–H and O–H groups in total. The van der Waals surface area contributed by atoms with E-state index in [2.05, 4.69) is 13.8 Å². The molecule has 0 heterocycles. The highest BCUT2D eigenvalue weighted by Gasteiger charge is 2.15. The van der Waals surface area contributed by atoms with Crippen molar-refractivity contribution in [1.29, 1.82) is 0 Å². The van der Waals surface area contributed by atoms with Crippen LogP contribution in [0.1, 0.15) is 20.8 Å². The molecular weight excluding hydrogens is 154 g/mol. The Labute approximate surface area is 73.9 Å². The van der Waals surface area contributed by atoms with E-state index in [1.165, 1.54) is 0 Å². The third kappa shape index (κ3) is 3.05. The standard InChI is InChI=1S/C9H17NO2/c1-5-10(4,6-2)7-8(3)9(11)12/h7H,5-6H2,1-4H3/p+1. The molecule has 0 aromatic heterocycles. The molecule has 0 aliphatic carbocycles. The smallest absolute Gasteiger partial charge is 0.336 e. The van der Waals surface area contributed by atoms with E-state index in [1.807, 2.05) is 7.05 Å². The Morgan fingerprint density at radius 3 is 2.08 bits per heavy atom. The maximum atomic E-state index is 10.5. The van der Waals surface area contributed by atoms with Crippen LogP contribution >= 0.6 is 0 Å². The first-order chi connectivity index (χ1) is 5.45. The van der Waals surface area contributed by atoms with Crippen molar-refractivity contribution in [3.8, 4) is 0 Å². The summed E-state index contributed by atoms with van der Waals surface area (Å²) in [6.07, 6.45) is 1.79. The van der Waals surface area contributed by atoms with E-state index < -0.39 is 5.97 Å². The quantitative estimate of drug-likeness (QED) is 0.515. The Morgan fingerprint density at radius 1 is 1.42 bits per heavy atom. The van der Waals surface area contributed by atoms with E-state index in [4.69, 9.17) is 5.11 Å². The van der Waals surface area contributed by atoms with Gasteiger partial charge in [0.1, 0.15) is 6.20 Å². The van der Waals surface area contributed by atoms with Crippen LogP contribution in [0.3, 0.4) is 0 Å². The highest BCUT2D eigenvalue weighted by Crippen LogP contribution is 2.06. The van der Waals surface area contributed by atoms with E-state index in [9.17, 15) is 4.79 Å². The van der Waals surface area contributed by atoms with Crippen LogP contribution in [-0.2, 0) is 4.79 Å². The lowest BCUT2D eigenvalue weighted by Crippen LogP contribution is -2.38. The number of aliphatic carboxylic acids is 1. The molecule has 0 radical (unpaired) electrons. The first kappa shape index (κ1) is 11.2. The zero-order chi connectivity index (χ0) is 9.78. The summed E-state index contributed by atoms with van der Waals surface area (Å²) in [5.74, 6) is -0.832. The third-order valence-corrected chi connectivity index (χ3v) is 2.29. The van der Waals surface area contributed by atoms with Gasteiger partial charge in [0.15, 0.2) is 0 Å². The van der Waals surface area contributed by atoms with Crippen molar-refractivity contribution < 1.29 is 14.4 Å². The molecule has 0 saturated carbocycles. The van der Waals surface area contributed by atoms with Gasteiger partial charge in [0.2, 0.25) is 0 Å². The van der Waals surface area contributed by atoms with Crippen molar-refractivity contribution in [1.82, 2.24) is 0 Å². The SMILES string of the molecule is CC[N+](C)(C=C(C)C(=O)O)CC. The van der Waals surface area contributed by atoms with Gasteiger partial charge in [-0.25, -0.2) is 4.79 Å². The summed E-state index contributed by atoms with van der Waals surface area (Å²) >= 11 is 0. The Balaban J connectivity index is 4.57. The van der Waals surface area contributed by atoms with E-state index >= 15 is 0 Å². The summed E-state index contributed by atoms with van der Waals surface area (Å²) in [4.78, 5) is 10.5. The van der Waals surface area contributed by atoms with E-state index in [0.717, 1.165) is 13.1 Å². The van der Waals surface area contributed by atoms with Gasteiger partial charge in [-0.2, -0.15) is 0 Å². The zero-order valence-corrected chi connectivity index (χ0v) is 8.29. The summed E-state index contributed by atoms with van der Waals surface area (Å²) in [5.41, 5.74) is 0.418. The van der Waals surface area contributed by atoms with Crippen LogP contribution < -0.4 is 0 Å². The summed E-state index contributed by atoms with van der Waals surface area (Å²) < 4.78 is 0.679. The van der Waals surface area contributed by atoms with Crippen molar-refractivity contribution in [3.05, 3.63) is 11.8 Å². The molecule has 0 aliphatic heterocycles. The minimum atomic E-state index is -0.832. The summed E-state index contributed by atoms with van der Waals surface area (Å²) in [5, 5.41) is 8.66. The number of carboxylic acid groups (broad SMARTS) is 1. The van der Waals surface area contributed by atoms with Crippen LogP contribution in [0.25, 0.3) is 0 Å². The average Bonchev–Trinajstić information content (AvgIpc) is 2.04. The van der Waals surface area contributed by atoms with E-state index in [-0.39, 0.29) is 0 Å². The first-order valence-corrected chi connectivity index (χ1v) is 4.22. The van der Waals surface area contributed by atoms with Crippen LogP contribution in [0, 0.1) is 0 Å². The molecule has 0 aliphatic rings. The van der Waals surface area contributed by atoms with E-state index in [1.54, 1.807) is 13.1 Å². The molecule has 0 fully saturated rings. The molecule has 70 valence electrons. The fraction of sp³-hybridized carbons (Fsp3) is 0.667. The normalized spacial score (nSPS) is 13.2. The summed E-state index contributed by atoms with van der Waals surface area (Å²) in [6.45, 7) is 7.57. The number of carbonyl (C=O) groups is 1. The van der Waals surface area contributed by atoms with Gasteiger partial charge in [0.25, 0.3) is 0 Å². The number of rotatable bonds is 4. The van der Waals surface area contributed by atoms with Crippen LogP contribution in [0.15, 0.2) is 11.8 Å². The third-order valence-electron chi connectivity index (χ3n) is 2.29. The molecule has 0 atom stereocenters. The maximum Gasteiger partial charge on any atom is 0.336 e. The van der Waals surface area contributed by atoms with Crippen LogP contribution in [-0.4, -0.2) is 35.7 Å². The van der Waals surface area contributed by atoms with Gasteiger partial charge in [-0.05, 0) is 20.8 Å². The highest BCUT2D eigenvalue weighted by molar-refractivity contribution is 5.85. The number of hydrogen-bond acceptors (Lipinski definition) is 1. The summed E-state index contributed by atoms with van der Waals surface area (Å²) in [6, 6.07) is 0. The van der Waals surface area contributed by atoms with Crippen molar-refractivity contribution in [2.75, 3.05) is 20.1 Å². The van der Waals surface area contributed by atoms with Crippen LogP contribution in [0.4, 0.5) is 0 Å². The molecule has 0 bridgehead atoms. The Bertz CT molecular complexity index is 193. The van der Waals surface area contributed by atoms with Gasteiger partial charge in [0, 0.05) is 0 Å². The van der Waals surface area contributed by atoms with Gasteiger partial charge in [-0.3, -0.25) is 4.48 Å². The fourth-order valence-corrected chi connectivity index (χ4v) is 0.929. The van der Waals surface area contributed by atoms with Gasteiger partial charge < -0.3 is 5.11 Å². The molecule has 12 heavy (non-hydrogen) atoms. The molecule has 0 spiro atoms. The Morgan fingerprint density at radius 2 is 1.83 bits per heavy atom. The summed E-state index contributed by atoms with van der Waals surface area (Å²) in [7, 11) is 2.02. The van der Waals surface area contributed by atoms with Gasteiger partial charge in [-0.15, -0.1) is 0 Å². The van der Waals surface area contributed by atoms with Crippen LogP contribution in [0.5, 0.6) is 0 Å². The number of nitrogens with zero attached hydrogens (tertiary/aromatic N) is 1. The Kier molecular flexibility index (Phi) is 3.96. The lowest BCUT2D eigenvalue weighted by Gasteiger charge is -2.27. The van der Waals surface area contributed by atoms with Crippen molar-refractivity contribution in [2.24, 2.45) is 0 Å². The number of hydrogen-bond donors (Lipinski definition) is 1. The minimum Gasteiger partial charge on any atom is -0.478 e. The molecule has 0 aromatic carbocycles. The predicted octanol–water partition coefficient (Wildman–Crippen LogP) is 1.46. The molecular formula is C9H18NO2+. The highest BCUT2D eigenvalue weighted by atomic mass is 16.4. The monoisotopic (exact) mass is 172 g/mol. The molecule has 0 rings (SSSR count). The Hall–Kier alpha value is -0.830. The topological polar surface area (TPSA) is 37.3 Å². The predicted molar refractivity (Wildman–Crippen MR) is 48.7 cm³/mol. The van der Waals surface area contributed by atoms with Gasteiger partial charge in [-0.1, -0.05) is 0 Å². The molecule has 0 aromatic rings. The molecule has 3 heteroatoms. The second kappa shape index (κ2) is 4.26. The van der Waals surface area contributed by atoms with E-state index in [0.29, 0.717) is 10.1 Å². The minimum absolute atomic E-state index is 0.418. The lowest BCUT2D eigenvalue weighted by atomic mass is 10.3. The molecule has 0 amide bonds. The zero-order valence-electron chi connectivity index (χ0n) is 8.29. The van der Waals surface area contributed by atoms with Gasteiger partial charge >= 0.3 is 5.97 Å². The first-order valence-electron chi connectivity index (χ1n) is 4.22. The number of carboxylic acids is 1. The molecule has 0 saturated heterocycles. The fourth-order valence-electron chi connectivity index (χ4n) is 0.929. The van der Waals surface area contributed by atoms with Crippen molar-refractivity contribution >= 4 is 5.97 Å². The van der Waals surface area contributed by atoms with Crippen LogP contribution in [0.2, 0.25) is 0 Å². The van der Waals surface area contributed by atoms with Crippen molar-refractivity contribution in [2.45, 2.75) is 20.8 Å². The molecule has 3 nitrogen and oxygen atoms in total. The largest absolute Gasteiger partial charge is 0.478 e. The molecule has 0 unspecified atom stereocenters. The van der Waals surface area contributed by atoms with Gasteiger partial charge in [0.05, 0.1) is 25.7 Å². The second-order valence-electron chi connectivity index (χ2n) is 3.23. The number of quaternary nitrogens is 1. The average molecular weight is 172 g/mol. The van der Waals surface area contributed by atoms with Crippen molar-refractivity contribution in [3.63, 3.8) is 0 Å². The maximum absolute atomic E-state index is 10.5. The second-order valence-corrected chi connectivity index (χ2v) is 3.23.